The molecule has 0 atom stereocenters. The minimum Gasteiger partial charge on any atom is -0.380 e. The van der Waals surface area contributed by atoms with Gasteiger partial charge in [-0.25, -0.2) is 9.97 Å². The predicted octanol–water partition coefficient (Wildman–Crippen LogP) is 2.80. The molecule has 19 heavy (non-hydrogen) atoms. The first-order valence-electron chi connectivity index (χ1n) is 7.12. The van der Waals surface area contributed by atoms with Gasteiger partial charge in [-0.15, -0.1) is 11.6 Å². The zero-order valence-corrected chi connectivity index (χ0v) is 12.1. The number of fused-ring (bicyclic) bond motifs is 1. The fourth-order valence-corrected chi connectivity index (χ4v) is 2.50. The Morgan fingerprint density at radius 3 is 2.95 bits per heavy atom. The lowest BCUT2D eigenvalue weighted by atomic mass is 10.1. The molecule has 1 aromatic rings. The Bertz CT molecular complexity index is 387. The first-order valence-corrected chi connectivity index (χ1v) is 7.65. The molecule has 5 heteroatoms. The molecule has 1 aromatic heterocycles. The highest BCUT2D eigenvalue weighted by Crippen LogP contribution is 2.23. The quantitative estimate of drug-likeness (QED) is 0.475. The number of aryl methyl sites for hydroxylation is 1. The SMILES string of the molecule is ClCCOCCCNc1ncnc2c1CCCCC2. The van der Waals surface area contributed by atoms with Gasteiger partial charge >= 0.3 is 0 Å². The first-order chi connectivity index (χ1) is 9.42. The highest BCUT2D eigenvalue weighted by Gasteiger charge is 2.13. The smallest absolute Gasteiger partial charge is 0.132 e. The van der Waals surface area contributed by atoms with Gasteiger partial charge in [-0.1, -0.05) is 6.42 Å². The molecule has 0 spiro atoms. The van der Waals surface area contributed by atoms with Crippen LogP contribution in [0, 0.1) is 0 Å². The summed E-state index contributed by atoms with van der Waals surface area (Å²) in [6.07, 6.45) is 8.62. The summed E-state index contributed by atoms with van der Waals surface area (Å²) in [7, 11) is 0. The second kappa shape index (κ2) is 8.33. The van der Waals surface area contributed by atoms with E-state index in [0.717, 1.165) is 38.2 Å². The predicted molar refractivity (Wildman–Crippen MR) is 77.9 cm³/mol. The van der Waals surface area contributed by atoms with E-state index in [1.165, 1.54) is 30.5 Å². The molecular formula is C14H22ClN3O. The minimum absolute atomic E-state index is 0.562. The number of rotatable bonds is 7. The lowest BCUT2D eigenvalue weighted by molar-refractivity contribution is 0.149. The number of hydrogen-bond donors (Lipinski definition) is 1. The Labute approximate surface area is 119 Å². The molecule has 2 rings (SSSR count). The highest BCUT2D eigenvalue weighted by molar-refractivity contribution is 6.17. The van der Waals surface area contributed by atoms with Crippen LogP contribution in [0.5, 0.6) is 0 Å². The molecule has 1 aliphatic carbocycles. The number of nitrogens with zero attached hydrogens (tertiary/aromatic N) is 2. The maximum atomic E-state index is 5.55. The summed E-state index contributed by atoms with van der Waals surface area (Å²) < 4.78 is 5.35. The van der Waals surface area contributed by atoms with Crippen molar-refractivity contribution in [3.8, 4) is 0 Å². The van der Waals surface area contributed by atoms with E-state index in [0.29, 0.717) is 12.5 Å². The van der Waals surface area contributed by atoms with Gasteiger partial charge in [-0.3, -0.25) is 0 Å². The summed E-state index contributed by atoms with van der Waals surface area (Å²) in [6.45, 7) is 2.25. The van der Waals surface area contributed by atoms with E-state index in [-0.39, 0.29) is 0 Å². The van der Waals surface area contributed by atoms with Crippen molar-refractivity contribution in [2.45, 2.75) is 38.5 Å². The second-order valence-corrected chi connectivity index (χ2v) is 5.17. The molecule has 1 heterocycles. The lowest BCUT2D eigenvalue weighted by Gasteiger charge is -2.12. The number of anilines is 1. The van der Waals surface area contributed by atoms with Crippen molar-refractivity contribution < 1.29 is 4.74 Å². The molecule has 1 aliphatic rings. The normalized spacial score (nSPS) is 14.8. The molecule has 0 amide bonds. The van der Waals surface area contributed by atoms with Crippen LogP contribution in [-0.2, 0) is 17.6 Å². The van der Waals surface area contributed by atoms with Crippen molar-refractivity contribution in [1.82, 2.24) is 9.97 Å². The van der Waals surface area contributed by atoms with Crippen LogP contribution in [-0.4, -0.2) is 35.6 Å². The zero-order valence-electron chi connectivity index (χ0n) is 11.3. The van der Waals surface area contributed by atoms with Gasteiger partial charge in [0.2, 0.25) is 0 Å². The minimum atomic E-state index is 0.562. The number of halogens is 1. The van der Waals surface area contributed by atoms with E-state index >= 15 is 0 Å². The van der Waals surface area contributed by atoms with Crippen molar-refractivity contribution in [3.63, 3.8) is 0 Å². The monoisotopic (exact) mass is 283 g/mol. The fourth-order valence-electron chi connectivity index (χ4n) is 2.39. The van der Waals surface area contributed by atoms with Crippen LogP contribution in [0.1, 0.15) is 36.9 Å². The second-order valence-electron chi connectivity index (χ2n) is 4.79. The number of aromatic nitrogens is 2. The molecule has 0 saturated carbocycles. The lowest BCUT2D eigenvalue weighted by Crippen LogP contribution is -2.11. The van der Waals surface area contributed by atoms with Gasteiger partial charge in [-0.05, 0) is 32.1 Å². The molecule has 4 nitrogen and oxygen atoms in total. The largest absolute Gasteiger partial charge is 0.380 e. The average Bonchev–Trinajstić information content (AvgIpc) is 2.68. The summed E-state index contributed by atoms with van der Waals surface area (Å²) in [5.41, 5.74) is 2.55. The van der Waals surface area contributed by atoms with Crippen molar-refractivity contribution in [1.29, 1.82) is 0 Å². The maximum Gasteiger partial charge on any atom is 0.132 e. The van der Waals surface area contributed by atoms with E-state index in [2.05, 4.69) is 15.3 Å². The Hall–Kier alpha value is -0.870. The molecule has 0 saturated heterocycles. The van der Waals surface area contributed by atoms with Crippen molar-refractivity contribution in [2.75, 3.05) is 31.0 Å². The third kappa shape index (κ3) is 4.62. The summed E-state index contributed by atoms with van der Waals surface area (Å²) in [6, 6.07) is 0. The van der Waals surface area contributed by atoms with Crippen LogP contribution in [0.25, 0.3) is 0 Å². The summed E-state index contributed by atoms with van der Waals surface area (Å²) in [5.74, 6) is 1.58. The topological polar surface area (TPSA) is 47.0 Å². The van der Waals surface area contributed by atoms with E-state index < -0.39 is 0 Å². The molecule has 0 aromatic carbocycles. The van der Waals surface area contributed by atoms with Crippen LogP contribution < -0.4 is 5.32 Å². The van der Waals surface area contributed by atoms with Gasteiger partial charge in [0.15, 0.2) is 0 Å². The van der Waals surface area contributed by atoms with Crippen LogP contribution in [0.4, 0.5) is 5.82 Å². The molecule has 0 bridgehead atoms. The van der Waals surface area contributed by atoms with E-state index in [9.17, 15) is 0 Å². The van der Waals surface area contributed by atoms with Crippen molar-refractivity contribution >= 4 is 17.4 Å². The number of ether oxygens (including phenoxy) is 1. The number of hydrogen-bond acceptors (Lipinski definition) is 4. The van der Waals surface area contributed by atoms with Crippen molar-refractivity contribution in [2.24, 2.45) is 0 Å². The zero-order chi connectivity index (χ0) is 13.3. The standard InChI is InChI=1S/C14H22ClN3O/c15-7-10-19-9-4-8-16-14-12-5-2-1-3-6-13(12)17-11-18-14/h11H,1-10H2,(H,16,17,18). The third-order valence-electron chi connectivity index (χ3n) is 3.35. The molecule has 0 radical (unpaired) electrons. The molecule has 1 N–H and O–H groups in total. The van der Waals surface area contributed by atoms with E-state index in [1.807, 2.05) is 0 Å². The summed E-state index contributed by atoms with van der Waals surface area (Å²) in [5, 5.41) is 3.41. The molecular weight excluding hydrogens is 262 g/mol. The molecule has 0 aliphatic heterocycles. The van der Waals surface area contributed by atoms with Crippen LogP contribution in [0.3, 0.4) is 0 Å². The highest BCUT2D eigenvalue weighted by atomic mass is 35.5. The Kier molecular flexibility index (Phi) is 6.37. The Morgan fingerprint density at radius 1 is 1.16 bits per heavy atom. The average molecular weight is 284 g/mol. The van der Waals surface area contributed by atoms with Crippen molar-refractivity contribution in [3.05, 3.63) is 17.6 Å². The fraction of sp³-hybridized carbons (Fsp3) is 0.714. The molecule has 106 valence electrons. The number of nitrogens with one attached hydrogen (secondary N) is 1. The van der Waals surface area contributed by atoms with Gasteiger partial charge in [0, 0.05) is 30.3 Å². The maximum absolute atomic E-state index is 5.55. The van der Waals surface area contributed by atoms with E-state index in [1.54, 1.807) is 6.33 Å². The van der Waals surface area contributed by atoms with Crippen LogP contribution >= 0.6 is 11.6 Å². The van der Waals surface area contributed by atoms with Crippen LogP contribution in [0.15, 0.2) is 6.33 Å². The van der Waals surface area contributed by atoms with Gasteiger partial charge in [-0.2, -0.15) is 0 Å². The van der Waals surface area contributed by atoms with Gasteiger partial charge in [0.05, 0.1) is 6.61 Å². The summed E-state index contributed by atoms with van der Waals surface area (Å²) in [4.78, 5) is 8.80. The van der Waals surface area contributed by atoms with E-state index in [4.69, 9.17) is 16.3 Å². The van der Waals surface area contributed by atoms with Crippen LogP contribution in [0.2, 0.25) is 0 Å². The molecule has 0 unspecified atom stereocenters. The molecule has 0 fully saturated rings. The first kappa shape index (κ1) is 14.5. The summed E-state index contributed by atoms with van der Waals surface area (Å²) >= 11 is 5.55. The van der Waals surface area contributed by atoms with Gasteiger partial charge in [0.1, 0.15) is 12.1 Å². The number of alkyl halides is 1. The Morgan fingerprint density at radius 2 is 2.05 bits per heavy atom. The Balaban J connectivity index is 1.83. The van der Waals surface area contributed by atoms with Gasteiger partial charge < -0.3 is 10.1 Å². The van der Waals surface area contributed by atoms with Gasteiger partial charge in [0.25, 0.3) is 0 Å². The third-order valence-corrected chi connectivity index (χ3v) is 3.51.